The molecule has 0 unspecified atom stereocenters. The van der Waals surface area contributed by atoms with Crippen molar-refractivity contribution in [2.45, 2.75) is 6.92 Å². The molecule has 0 saturated heterocycles. The number of ether oxygens (including phenoxy) is 1. The lowest BCUT2D eigenvalue weighted by Gasteiger charge is -2.10. The SMILES string of the molecule is C/C(=N/NC(=O)COc1ccc(Br)cc1-c1ccno1)c1ccc(Br)cc1. The molecule has 1 aromatic heterocycles. The van der Waals surface area contributed by atoms with Crippen molar-refractivity contribution < 1.29 is 14.1 Å². The van der Waals surface area contributed by atoms with Crippen LogP contribution in [0.3, 0.4) is 0 Å². The molecule has 27 heavy (non-hydrogen) atoms. The minimum absolute atomic E-state index is 0.181. The van der Waals surface area contributed by atoms with Gasteiger partial charge in [-0.2, -0.15) is 5.10 Å². The molecule has 0 aliphatic heterocycles. The summed E-state index contributed by atoms with van der Waals surface area (Å²) in [5.74, 6) is 0.701. The van der Waals surface area contributed by atoms with Gasteiger partial charge in [-0.1, -0.05) is 49.1 Å². The van der Waals surface area contributed by atoms with Gasteiger partial charge in [-0.05, 0) is 42.8 Å². The second-order valence-electron chi connectivity index (χ2n) is 5.54. The lowest BCUT2D eigenvalue weighted by Crippen LogP contribution is -2.25. The number of nitrogens with one attached hydrogen (secondary N) is 1. The van der Waals surface area contributed by atoms with E-state index in [1.54, 1.807) is 18.3 Å². The highest BCUT2D eigenvalue weighted by Crippen LogP contribution is 2.32. The number of amides is 1. The minimum Gasteiger partial charge on any atom is -0.483 e. The smallest absolute Gasteiger partial charge is 0.277 e. The van der Waals surface area contributed by atoms with E-state index < -0.39 is 0 Å². The summed E-state index contributed by atoms with van der Waals surface area (Å²) in [6.07, 6.45) is 1.55. The van der Waals surface area contributed by atoms with Crippen LogP contribution in [0.1, 0.15) is 12.5 Å². The van der Waals surface area contributed by atoms with Gasteiger partial charge in [0, 0.05) is 15.0 Å². The zero-order valence-corrected chi connectivity index (χ0v) is 17.5. The Bertz CT molecular complexity index is 955. The van der Waals surface area contributed by atoms with Crippen LogP contribution >= 0.6 is 31.9 Å². The fraction of sp³-hybridized carbons (Fsp3) is 0.105. The van der Waals surface area contributed by atoms with E-state index >= 15 is 0 Å². The summed E-state index contributed by atoms with van der Waals surface area (Å²) in [6.45, 7) is 1.64. The number of halogens is 2. The summed E-state index contributed by atoms with van der Waals surface area (Å²) in [5, 5.41) is 7.81. The van der Waals surface area contributed by atoms with Crippen molar-refractivity contribution >= 4 is 43.5 Å². The topological polar surface area (TPSA) is 76.7 Å². The molecule has 0 aliphatic rings. The van der Waals surface area contributed by atoms with E-state index in [-0.39, 0.29) is 12.5 Å². The average molecular weight is 493 g/mol. The third-order valence-corrected chi connectivity index (χ3v) is 4.64. The van der Waals surface area contributed by atoms with Crippen LogP contribution < -0.4 is 10.2 Å². The summed E-state index contributed by atoms with van der Waals surface area (Å²) in [4.78, 5) is 12.1. The molecular formula is C19H15Br2N3O3. The first-order valence-electron chi connectivity index (χ1n) is 7.95. The molecule has 2 aromatic carbocycles. The van der Waals surface area contributed by atoms with Crippen LogP contribution in [0.15, 0.2) is 73.3 Å². The molecule has 0 aliphatic carbocycles. The second-order valence-corrected chi connectivity index (χ2v) is 7.38. The molecule has 0 radical (unpaired) electrons. The summed E-state index contributed by atoms with van der Waals surface area (Å²) in [5.41, 5.74) is 4.81. The number of rotatable bonds is 6. The van der Waals surface area contributed by atoms with Gasteiger partial charge in [-0.3, -0.25) is 4.79 Å². The van der Waals surface area contributed by atoms with Crippen LogP contribution in [0, 0.1) is 0 Å². The Morgan fingerprint density at radius 1 is 1.15 bits per heavy atom. The maximum atomic E-state index is 12.1. The van der Waals surface area contributed by atoms with E-state index in [9.17, 15) is 4.79 Å². The minimum atomic E-state index is -0.363. The lowest BCUT2D eigenvalue weighted by atomic mass is 10.1. The van der Waals surface area contributed by atoms with Crippen molar-refractivity contribution in [2.75, 3.05) is 6.61 Å². The Labute approximate surface area is 172 Å². The summed E-state index contributed by atoms with van der Waals surface area (Å²) < 4.78 is 12.7. The maximum Gasteiger partial charge on any atom is 0.277 e. The first-order chi connectivity index (χ1) is 13.0. The summed E-state index contributed by atoms with van der Waals surface area (Å²) >= 11 is 6.80. The van der Waals surface area contributed by atoms with Crippen LogP contribution in [0.25, 0.3) is 11.3 Å². The number of hydrazone groups is 1. The molecule has 8 heteroatoms. The van der Waals surface area contributed by atoms with E-state index in [0.717, 1.165) is 14.5 Å². The van der Waals surface area contributed by atoms with Crippen LogP contribution in [0.4, 0.5) is 0 Å². The summed E-state index contributed by atoms with van der Waals surface area (Å²) in [6, 6.07) is 14.8. The Morgan fingerprint density at radius 2 is 1.89 bits per heavy atom. The molecule has 1 amide bonds. The molecule has 0 atom stereocenters. The van der Waals surface area contributed by atoms with Crippen LogP contribution in [0.5, 0.6) is 5.75 Å². The van der Waals surface area contributed by atoms with Crippen molar-refractivity contribution in [1.29, 1.82) is 0 Å². The highest BCUT2D eigenvalue weighted by atomic mass is 79.9. The fourth-order valence-electron chi connectivity index (χ4n) is 2.25. The quantitative estimate of drug-likeness (QED) is 0.396. The maximum absolute atomic E-state index is 12.1. The van der Waals surface area contributed by atoms with Crippen LogP contribution in [-0.4, -0.2) is 23.4 Å². The van der Waals surface area contributed by atoms with E-state index in [0.29, 0.717) is 22.8 Å². The van der Waals surface area contributed by atoms with Crippen LogP contribution in [0.2, 0.25) is 0 Å². The highest BCUT2D eigenvalue weighted by molar-refractivity contribution is 9.10. The first-order valence-corrected chi connectivity index (χ1v) is 9.54. The largest absolute Gasteiger partial charge is 0.483 e. The van der Waals surface area contributed by atoms with Gasteiger partial charge in [0.15, 0.2) is 12.4 Å². The van der Waals surface area contributed by atoms with Gasteiger partial charge < -0.3 is 9.26 Å². The van der Waals surface area contributed by atoms with E-state index in [4.69, 9.17) is 9.26 Å². The zero-order valence-electron chi connectivity index (χ0n) is 14.3. The third-order valence-electron chi connectivity index (χ3n) is 3.61. The lowest BCUT2D eigenvalue weighted by molar-refractivity contribution is -0.123. The Balaban J connectivity index is 1.63. The number of carbonyl (C=O) groups excluding carboxylic acids is 1. The summed E-state index contributed by atoms with van der Waals surface area (Å²) in [7, 11) is 0. The average Bonchev–Trinajstić information content (AvgIpc) is 3.20. The number of hydrogen-bond donors (Lipinski definition) is 1. The van der Waals surface area contributed by atoms with E-state index in [1.165, 1.54) is 0 Å². The van der Waals surface area contributed by atoms with Crippen LogP contribution in [-0.2, 0) is 4.79 Å². The predicted molar refractivity (Wildman–Crippen MR) is 110 cm³/mol. The molecule has 0 spiro atoms. The third kappa shape index (κ3) is 5.27. The van der Waals surface area contributed by atoms with E-state index in [2.05, 4.69) is 47.5 Å². The molecular weight excluding hydrogens is 478 g/mol. The number of nitrogens with zero attached hydrogens (tertiary/aromatic N) is 2. The Kier molecular flexibility index (Phi) is 6.41. The van der Waals surface area contributed by atoms with Gasteiger partial charge in [-0.15, -0.1) is 0 Å². The number of aromatic nitrogens is 1. The number of carbonyl (C=O) groups is 1. The molecule has 0 bridgehead atoms. The number of hydrogen-bond acceptors (Lipinski definition) is 5. The van der Waals surface area contributed by atoms with Crippen molar-refractivity contribution in [3.8, 4) is 17.1 Å². The van der Waals surface area contributed by atoms with Crippen molar-refractivity contribution in [2.24, 2.45) is 5.10 Å². The molecule has 3 rings (SSSR count). The Hall–Kier alpha value is -2.45. The molecule has 3 aromatic rings. The van der Waals surface area contributed by atoms with Gasteiger partial charge in [0.05, 0.1) is 17.5 Å². The fourth-order valence-corrected chi connectivity index (χ4v) is 2.88. The Morgan fingerprint density at radius 3 is 2.59 bits per heavy atom. The standard InChI is InChI=1S/C19H15Br2N3O3/c1-12(13-2-4-14(20)5-3-13)23-24-19(25)11-26-17-7-6-15(21)10-16(17)18-8-9-22-27-18/h2-10H,11H2,1H3,(H,24,25)/b23-12-. The predicted octanol–water partition coefficient (Wildman–Crippen LogP) is 4.79. The van der Waals surface area contributed by atoms with E-state index in [1.807, 2.05) is 43.3 Å². The molecule has 1 N–H and O–H groups in total. The first kappa shape index (κ1) is 19.3. The van der Waals surface area contributed by atoms with Gasteiger partial charge >= 0.3 is 0 Å². The van der Waals surface area contributed by atoms with Crippen molar-refractivity contribution in [3.63, 3.8) is 0 Å². The monoisotopic (exact) mass is 491 g/mol. The second kappa shape index (κ2) is 8.96. The zero-order chi connectivity index (χ0) is 19.2. The molecule has 6 nitrogen and oxygen atoms in total. The van der Waals surface area contributed by atoms with Crippen molar-refractivity contribution in [1.82, 2.24) is 10.6 Å². The van der Waals surface area contributed by atoms with Gasteiger partial charge in [0.2, 0.25) is 0 Å². The molecule has 0 fully saturated rings. The number of benzene rings is 2. The molecule has 0 saturated carbocycles. The van der Waals surface area contributed by atoms with Gasteiger partial charge in [-0.25, -0.2) is 5.43 Å². The molecule has 1 heterocycles. The normalized spacial score (nSPS) is 11.3. The van der Waals surface area contributed by atoms with Gasteiger partial charge in [0.1, 0.15) is 5.75 Å². The highest BCUT2D eigenvalue weighted by Gasteiger charge is 2.12. The molecule has 138 valence electrons. The van der Waals surface area contributed by atoms with Gasteiger partial charge in [0.25, 0.3) is 5.91 Å². The van der Waals surface area contributed by atoms with Crippen molar-refractivity contribution in [3.05, 3.63) is 69.2 Å².